The number of carbonyl (C=O) groups excluding carboxylic acids is 3. The summed E-state index contributed by atoms with van der Waals surface area (Å²) in [6, 6.07) is 3.69. The Bertz CT molecular complexity index is 566. The summed E-state index contributed by atoms with van der Waals surface area (Å²) in [5.41, 5.74) is 0.209. The highest BCUT2D eigenvalue weighted by Crippen LogP contribution is 2.26. The predicted octanol–water partition coefficient (Wildman–Crippen LogP) is 1.97. The number of hydrogen-bond donors (Lipinski definition) is 1. The summed E-state index contributed by atoms with van der Waals surface area (Å²) in [5, 5.41) is 1.78. The Hall–Kier alpha value is -1.03. The highest BCUT2D eigenvalue weighted by atomic mass is 127. The monoisotopic (exact) mass is 426 g/mol. The Labute approximate surface area is 123 Å². The molecule has 0 aromatic heterocycles. The minimum absolute atomic E-state index is 0.209. The van der Waals surface area contributed by atoms with Gasteiger partial charge in [0.2, 0.25) is 0 Å². The number of halogens is 3. The molecule has 1 atom stereocenters. The molecule has 1 aromatic carbocycles. The first-order chi connectivity index (χ1) is 8.41. The number of barbiturate groups is 1. The molecule has 1 aromatic rings. The average molecular weight is 427 g/mol. The number of urea groups is 1. The van der Waals surface area contributed by atoms with Crippen LogP contribution in [0, 0.1) is 3.57 Å². The predicted molar refractivity (Wildman–Crippen MR) is 72.8 cm³/mol. The molecular formula is C10H5BrFIN2O3. The Morgan fingerprint density at radius 3 is 2.61 bits per heavy atom. The van der Waals surface area contributed by atoms with E-state index in [1.807, 2.05) is 22.6 Å². The number of anilines is 1. The van der Waals surface area contributed by atoms with Crippen molar-refractivity contribution in [1.82, 2.24) is 5.32 Å². The maximum absolute atomic E-state index is 13.3. The van der Waals surface area contributed by atoms with Crippen molar-refractivity contribution >= 4 is 62.1 Å². The van der Waals surface area contributed by atoms with E-state index < -0.39 is 24.0 Å². The van der Waals surface area contributed by atoms with Gasteiger partial charge in [-0.15, -0.1) is 0 Å². The van der Waals surface area contributed by atoms with E-state index in [2.05, 4.69) is 15.9 Å². The van der Waals surface area contributed by atoms with Gasteiger partial charge >= 0.3 is 6.03 Å². The molecule has 1 saturated heterocycles. The van der Waals surface area contributed by atoms with E-state index in [0.29, 0.717) is 4.90 Å². The smallest absolute Gasteiger partial charge is 0.274 e. The Morgan fingerprint density at radius 1 is 1.33 bits per heavy atom. The van der Waals surface area contributed by atoms with Crippen molar-refractivity contribution < 1.29 is 18.8 Å². The van der Waals surface area contributed by atoms with Gasteiger partial charge in [-0.3, -0.25) is 14.9 Å². The molecule has 94 valence electrons. The van der Waals surface area contributed by atoms with Crippen molar-refractivity contribution in [1.29, 1.82) is 0 Å². The molecule has 0 radical (unpaired) electrons. The summed E-state index contributed by atoms with van der Waals surface area (Å²) in [6.45, 7) is 0. The third-order valence-corrected chi connectivity index (χ3v) is 4.59. The van der Waals surface area contributed by atoms with Crippen molar-refractivity contribution in [3.63, 3.8) is 0 Å². The van der Waals surface area contributed by atoms with Crippen LogP contribution in [0.25, 0.3) is 0 Å². The van der Waals surface area contributed by atoms with Crippen LogP contribution in [0.15, 0.2) is 22.7 Å². The lowest BCUT2D eigenvalue weighted by Gasteiger charge is -2.26. The van der Waals surface area contributed by atoms with Crippen molar-refractivity contribution in [2.45, 2.75) is 6.17 Å². The number of carbonyl (C=O) groups is 3. The van der Waals surface area contributed by atoms with Crippen LogP contribution in [-0.4, -0.2) is 24.0 Å². The molecule has 1 N–H and O–H groups in total. The van der Waals surface area contributed by atoms with Gasteiger partial charge < -0.3 is 0 Å². The summed E-state index contributed by atoms with van der Waals surface area (Å²) in [7, 11) is 0. The maximum atomic E-state index is 13.3. The molecule has 1 unspecified atom stereocenters. The second kappa shape index (κ2) is 4.92. The summed E-state index contributed by atoms with van der Waals surface area (Å²) in [6.07, 6.45) is -2.36. The number of nitrogens with one attached hydrogen (secondary N) is 1. The van der Waals surface area contributed by atoms with Gasteiger partial charge in [-0.25, -0.2) is 14.1 Å². The average Bonchev–Trinajstić information content (AvgIpc) is 2.31. The molecule has 0 bridgehead atoms. The van der Waals surface area contributed by atoms with Crippen molar-refractivity contribution in [3.05, 3.63) is 26.2 Å². The molecule has 8 heteroatoms. The normalized spacial score (nSPS) is 20.1. The van der Waals surface area contributed by atoms with Crippen molar-refractivity contribution in [3.8, 4) is 0 Å². The standard InChI is InChI=1S/C10H5BrFIN2O3/c11-5-2-1-4(3-6(5)13)15-9(17)7(12)8(16)14-10(15)18/h1-3,7H,(H,14,16,18). The van der Waals surface area contributed by atoms with Gasteiger partial charge in [0.05, 0.1) is 5.69 Å². The summed E-state index contributed by atoms with van der Waals surface area (Å²) in [4.78, 5) is 34.7. The van der Waals surface area contributed by atoms with Crippen LogP contribution in [-0.2, 0) is 9.59 Å². The highest BCUT2D eigenvalue weighted by molar-refractivity contribution is 14.1. The van der Waals surface area contributed by atoms with Crippen LogP contribution < -0.4 is 10.2 Å². The highest BCUT2D eigenvalue weighted by Gasteiger charge is 2.41. The molecule has 1 aliphatic heterocycles. The number of nitrogens with zero attached hydrogens (tertiary/aromatic N) is 1. The molecule has 1 aliphatic rings. The second-order valence-corrected chi connectivity index (χ2v) is 5.45. The zero-order valence-electron chi connectivity index (χ0n) is 8.62. The molecule has 0 aliphatic carbocycles. The van der Waals surface area contributed by atoms with Crippen LogP contribution >= 0.6 is 38.5 Å². The molecule has 18 heavy (non-hydrogen) atoms. The van der Waals surface area contributed by atoms with E-state index in [1.54, 1.807) is 11.4 Å². The number of benzene rings is 1. The molecule has 4 amide bonds. The quantitative estimate of drug-likeness (QED) is 0.551. The second-order valence-electron chi connectivity index (χ2n) is 3.43. The molecule has 1 fully saturated rings. The lowest BCUT2D eigenvalue weighted by atomic mass is 10.2. The van der Waals surface area contributed by atoms with Crippen molar-refractivity contribution in [2.24, 2.45) is 0 Å². The first-order valence-electron chi connectivity index (χ1n) is 4.69. The zero-order valence-corrected chi connectivity index (χ0v) is 12.4. The third-order valence-electron chi connectivity index (χ3n) is 2.26. The van der Waals surface area contributed by atoms with E-state index >= 15 is 0 Å². The first kappa shape index (κ1) is 13.4. The van der Waals surface area contributed by atoms with Crippen LogP contribution in [0.2, 0.25) is 0 Å². The largest absolute Gasteiger partial charge is 0.335 e. The van der Waals surface area contributed by atoms with Gasteiger partial charge in [0.1, 0.15) is 0 Å². The lowest BCUT2D eigenvalue weighted by Crippen LogP contribution is -2.59. The van der Waals surface area contributed by atoms with Crippen LogP contribution in [0.3, 0.4) is 0 Å². The molecule has 0 saturated carbocycles. The number of alkyl halides is 1. The third kappa shape index (κ3) is 2.26. The first-order valence-corrected chi connectivity index (χ1v) is 6.57. The van der Waals surface area contributed by atoms with Gasteiger partial charge in [0.25, 0.3) is 18.0 Å². The topological polar surface area (TPSA) is 66.5 Å². The molecule has 1 heterocycles. The maximum Gasteiger partial charge on any atom is 0.335 e. The molecule has 0 spiro atoms. The van der Waals surface area contributed by atoms with Gasteiger partial charge in [-0.05, 0) is 56.7 Å². The minimum Gasteiger partial charge on any atom is -0.274 e. The fourth-order valence-corrected chi connectivity index (χ4v) is 2.16. The number of rotatable bonds is 1. The summed E-state index contributed by atoms with van der Waals surface area (Å²) >= 11 is 5.26. The van der Waals surface area contributed by atoms with E-state index in [-0.39, 0.29) is 5.69 Å². The summed E-state index contributed by atoms with van der Waals surface area (Å²) < 4.78 is 14.8. The Morgan fingerprint density at radius 2 is 2.00 bits per heavy atom. The lowest BCUT2D eigenvalue weighted by molar-refractivity contribution is -0.135. The van der Waals surface area contributed by atoms with Crippen LogP contribution in [0.4, 0.5) is 14.9 Å². The van der Waals surface area contributed by atoms with Gasteiger partial charge in [-0.1, -0.05) is 0 Å². The van der Waals surface area contributed by atoms with Crippen LogP contribution in [0.5, 0.6) is 0 Å². The zero-order chi connectivity index (χ0) is 13.4. The summed E-state index contributed by atoms with van der Waals surface area (Å²) in [5.74, 6) is -2.41. The number of hydrogen-bond acceptors (Lipinski definition) is 3. The SMILES string of the molecule is O=C1NC(=O)N(c2ccc(Br)c(I)c2)C(=O)C1F. The Kier molecular flexibility index (Phi) is 3.66. The number of amides is 4. The molecular weight excluding hydrogens is 422 g/mol. The Balaban J connectivity index is 2.42. The molecule has 2 rings (SSSR count). The van der Waals surface area contributed by atoms with Crippen molar-refractivity contribution in [2.75, 3.05) is 4.90 Å². The van der Waals surface area contributed by atoms with Gasteiger partial charge in [0.15, 0.2) is 0 Å². The minimum atomic E-state index is -2.36. The van der Waals surface area contributed by atoms with E-state index in [0.717, 1.165) is 8.04 Å². The van der Waals surface area contributed by atoms with Crippen LogP contribution in [0.1, 0.15) is 0 Å². The van der Waals surface area contributed by atoms with E-state index in [9.17, 15) is 18.8 Å². The fourth-order valence-electron chi connectivity index (χ4n) is 1.42. The van der Waals surface area contributed by atoms with E-state index in [1.165, 1.54) is 12.1 Å². The van der Waals surface area contributed by atoms with Gasteiger partial charge in [0, 0.05) is 8.04 Å². The molecule has 5 nitrogen and oxygen atoms in total. The van der Waals surface area contributed by atoms with Gasteiger partial charge in [-0.2, -0.15) is 0 Å². The fraction of sp³-hybridized carbons (Fsp3) is 0.100. The van der Waals surface area contributed by atoms with E-state index in [4.69, 9.17) is 0 Å². The number of imide groups is 2.